The van der Waals surface area contributed by atoms with Gasteiger partial charge in [0.2, 0.25) is 0 Å². The molecule has 1 heterocycles. The molecule has 0 spiro atoms. The molecule has 0 aliphatic heterocycles. The van der Waals surface area contributed by atoms with Crippen molar-refractivity contribution < 1.29 is 4.42 Å². The first kappa shape index (κ1) is 25.0. The minimum atomic E-state index is 0.895. The maximum absolute atomic E-state index is 6.11. The van der Waals surface area contributed by atoms with Gasteiger partial charge < -0.3 is 15.1 Å². The predicted octanol–water partition coefficient (Wildman–Crippen LogP) is 11.6. The molecule has 0 aliphatic carbocycles. The van der Waals surface area contributed by atoms with Crippen LogP contribution in [0, 0.1) is 0 Å². The van der Waals surface area contributed by atoms with Crippen LogP contribution in [0.15, 0.2) is 162 Å². The smallest absolute Gasteiger partial charge is 0.135 e. The third-order valence-electron chi connectivity index (χ3n) is 7.99. The van der Waals surface area contributed by atoms with Gasteiger partial charge in [-0.25, -0.2) is 0 Å². The van der Waals surface area contributed by atoms with Crippen molar-refractivity contribution in [1.29, 1.82) is 0 Å². The van der Waals surface area contributed by atoms with E-state index in [9.17, 15) is 0 Å². The molecule has 8 rings (SSSR count). The Morgan fingerprint density at radius 2 is 1.00 bits per heavy atom. The van der Waals surface area contributed by atoms with E-state index in [0.29, 0.717) is 0 Å². The van der Waals surface area contributed by atoms with Crippen molar-refractivity contribution in [2.45, 2.75) is 0 Å². The summed E-state index contributed by atoms with van der Waals surface area (Å²) < 4.78 is 6.11. The molecule has 204 valence electrons. The fourth-order valence-electron chi connectivity index (χ4n) is 5.88. The highest BCUT2D eigenvalue weighted by atomic mass is 16.3. The third kappa shape index (κ3) is 4.87. The number of hydrogen-bond donors (Lipinski definition) is 2. The summed E-state index contributed by atoms with van der Waals surface area (Å²) in [6.07, 6.45) is 0. The lowest BCUT2D eigenvalue weighted by molar-refractivity contribution is 0.669. The summed E-state index contributed by atoms with van der Waals surface area (Å²) in [4.78, 5) is 0. The number of nitrogens with one attached hydrogen (secondary N) is 2. The van der Waals surface area contributed by atoms with Crippen molar-refractivity contribution in [3.05, 3.63) is 158 Å². The fraction of sp³-hybridized carbons (Fsp3) is 0. The topological polar surface area (TPSA) is 37.2 Å². The summed E-state index contributed by atoms with van der Waals surface area (Å²) in [5.41, 5.74) is 10.6. The van der Waals surface area contributed by atoms with Gasteiger partial charge in [-0.3, -0.25) is 0 Å². The van der Waals surface area contributed by atoms with E-state index in [1.54, 1.807) is 0 Å². The van der Waals surface area contributed by atoms with Crippen LogP contribution in [0.4, 0.5) is 22.7 Å². The van der Waals surface area contributed by atoms with Crippen LogP contribution in [0.1, 0.15) is 0 Å². The summed E-state index contributed by atoms with van der Waals surface area (Å²) in [5.74, 6) is 0. The van der Waals surface area contributed by atoms with Crippen molar-refractivity contribution in [3.63, 3.8) is 0 Å². The van der Waals surface area contributed by atoms with Gasteiger partial charge in [0.1, 0.15) is 11.2 Å². The largest absolute Gasteiger partial charge is 0.456 e. The number of para-hydroxylation sites is 1. The van der Waals surface area contributed by atoms with Crippen molar-refractivity contribution in [1.82, 2.24) is 0 Å². The summed E-state index contributed by atoms with van der Waals surface area (Å²) in [6, 6.07) is 55.2. The van der Waals surface area contributed by atoms with Gasteiger partial charge in [0.05, 0.1) is 0 Å². The zero-order chi connectivity index (χ0) is 28.6. The number of anilines is 4. The molecule has 1 aromatic heterocycles. The van der Waals surface area contributed by atoms with Crippen LogP contribution in [-0.2, 0) is 0 Å². The maximum atomic E-state index is 6.11. The van der Waals surface area contributed by atoms with Crippen LogP contribution in [0.2, 0.25) is 0 Å². The molecule has 0 bridgehead atoms. The van der Waals surface area contributed by atoms with Gasteiger partial charge in [-0.1, -0.05) is 103 Å². The zero-order valence-electron chi connectivity index (χ0n) is 23.4. The van der Waals surface area contributed by atoms with Gasteiger partial charge in [0, 0.05) is 38.9 Å². The Hall–Kier alpha value is -5.80. The van der Waals surface area contributed by atoms with Gasteiger partial charge in [0.15, 0.2) is 0 Å². The molecule has 0 radical (unpaired) electrons. The fourth-order valence-corrected chi connectivity index (χ4v) is 5.88. The minimum absolute atomic E-state index is 0.895. The number of benzene rings is 7. The molecule has 0 saturated carbocycles. The molecule has 0 fully saturated rings. The van der Waals surface area contributed by atoms with E-state index in [1.807, 2.05) is 18.2 Å². The molecule has 3 heteroatoms. The van der Waals surface area contributed by atoms with Gasteiger partial charge in [0.25, 0.3) is 0 Å². The second-order valence-electron chi connectivity index (χ2n) is 10.8. The van der Waals surface area contributed by atoms with E-state index >= 15 is 0 Å². The molecule has 0 amide bonds. The van der Waals surface area contributed by atoms with Crippen molar-refractivity contribution >= 4 is 55.5 Å². The maximum Gasteiger partial charge on any atom is 0.135 e. The molecule has 2 N–H and O–H groups in total. The van der Waals surface area contributed by atoms with Crippen LogP contribution in [0.5, 0.6) is 0 Å². The second kappa shape index (κ2) is 10.6. The molecule has 7 aromatic carbocycles. The number of rotatable bonds is 6. The summed E-state index contributed by atoms with van der Waals surface area (Å²) in [7, 11) is 0. The summed E-state index contributed by atoms with van der Waals surface area (Å²) in [6.45, 7) is 0. The van der Waals surface area contributed by atoms with Gasteiger partial charge >= 0.3 is 0 Å². The molecule has 0 aliphatic rings. The van der Waals surface area contributed by atoms with E-state index in [1.165, 1.54) is 21.9 Å². The average molecular weight is 553 g/mol. The molecular weight excluding hydrogens is 524 g/mol. The molecule has 0 unspecified atom stereocenters. The van der Waals surface area contributed by atoms with Gasteiger partial charge in [-0.15, -0.1) is 0 Å². The SMILES string of the molecule is c1ccc(-c2ccc(Nc3cc(Nc4cccc5ccccc45)cc(-c4ccc5oc6ccccc6c5c4)c3)cc2)cc1. The Kier molecular flexibility index (Phi) is 6.12. The predicted molar refractivity (Wildman–Crippen MR) is 182 cm³/mol. The Morgan fingerprint density at radius 3 is 1.86 bits per heavy atom. The summed E-state index contributed by atoms with van der Waals surface area (Å²) >= 11 is 0. The zero-order valence-corrected chi connectivity index (χ0v) is 23.4. The van der Waals surface area contributed by atoms with E-state index in [-0.39, 0.29) is 0 Å². The lowest BCUT2D eigenvalue weighted by atomic mass is 10.0. The minimum Gasteiger partial charge on any atom is -0.456 e. The first-order valence-corrected chi connectivity index (χ1v) is 14.5. The lowest BCUT2D eigenvalue weighted by Crippen LogP contribution is -1.96. The average Bonchev–Trinajstić information content (AvgIpc) is 3.44. The summed E-state index contributed by atoms with van der Waals surface area (Å²) in [5, 5.41) is 12.0. The monoisotopic (exact) mass is 552 g/mol. The van der Waals surface area contributed by atoms with E-state index in [2.05, 4.69) is 150 Å². The van der Waals surface area contributed by atoms with E-state index < -0.39 is 0 Å². The lowest BCUT2D eigenvalue weighted by Gasteiger charge is -2.15. The van der Waals surface area contributed by atoms with E-state index in [0.717, 1.165) is 55.8 Å². The quantitative estimate of drug-likeness (QED) is 0.215. The molecule has 0 saturated heterocycles. The molecule has 0 atom stereocenters. The Labute approximate surface area is 250 Å². The molecular formula is C40H28N2O. The molecule has 3 nitrogen and oxygen atoms in total. The van der Waals surface area contributed by atoms with Crippen molar-refractivity contribution in [2.24, 2.45) is 0 Å². The molecule has 8 aromatic rings. The number of hydrogen-bond acceptors (Lipinski definition) is 3. The first-order valence-electron chi connectivity index (χ1n) is 14.5. The Balaban J connectivity index is 1.20. The highest BCUT2D eigenvalue weighted by Crippen LogP contribution is 2.36. The van der Waals surface area contributed by atoms with Crippen molar-refractivity contribution in [3.8, 4) is 22.3 Å². The normalized spacial score (nSPS) is 11.3. The van der Waals surface area contributed by atoms with Crippen LogP contribution >= 0.6 is 0 Å². The highest BCUT2D eigenvalue weighted by molar-refractivity contribution is 6.06. The van der Waals surface area contributed by atoms with Crippen LogP contribution in [0.25, 0.3) is 55.0 Å². The van der Waals surface area contributed by atoms with Gasteiger partial charge in [-0.05, 0) is 82.2 Å². The standard InChI is InChI=1S/C40H28N2O/c1-2-9-27(10-3-1)28-17-20-32(21-18-28)41-33-23-31(30-19-22-40-37(25-30)36-14-6-7-16-39(36)43-40)24-34(26-33)42-38-15-8-12-29-11-4-5-13-35(29)38/h1-26,41-42H. The second-order valence-corrected chi connectivity index (χ2v) is 10.8. The Bertz CT molecular complexity index is 2230. The van der Waals surface area contributed by atoms with Crippen molar-refractivity contribution in [2.75, 3.05) is 10.6 Å². The molecule has 43 heavy (non-hydrogen) atoms. The Morgan fingerprint density at radius 1 is 0.349 bits per heavy atom. The number of furan rings is 1. The van der Waals surface area contributed by atoms with E-state index in [4.69, 9.17) is 4.42 Å². The van der Waals surface area contributed by atoms with Gasteiger partial charge in [-0.2, -0.15) is 0 Å². The third-order valence-corrected chi connectivity index (χ3v) is 7.99. The number of fused-ring (bicyclic) bond motifs is 4. The van der Waals surface area contributed by atoms with Crippen LogP contribution in [0.3, 0.4) is 0 Å². The first-order chi connectivity index (χ1) is 21.3. The highest BCUT2D eigenvalue weighted by Gasteiger charge is 2.11. The van der Waals surface area contributed by atoms with Crippen LogP contribution < -0.4 is 10.6 Å². The van der Waals surface area contributed by atoms with Crippen LogP contribution in [-0.4, -0.2) is 0 Å².